The van der Waals surface area contributed by atoms with Crippen molar-refractivity contribution >= 4 is 43.4 Å². The average Bonchev–Trinajstić information content (AvgIpc) is 2.64. The quantitative estimate of drug-likeness (QED) is 0.402. The first-order chi connectivity index (χ1) is 12.6. The van der Waals surface area contributed by atoms with Gasteiger partial charge in [0.15, 0.2) is 0 Å². The lowest BCUT2D eigenvalue weighted by Gasteiger charge is -2.08. The number of nitrogens with one attached hydrogen (secondary N) is 2. The van der Waals surface area contributed by atoms with Crippen molar-refractivity contribution in [1.29, 1.82) is 0 Å². The van der Waals surface area contributed by atoms with Crippen molar-refractivity contribution in [1.82, 2.24) is 9.97 Å². The van der Waals surface area contributed by atoms with Crippen LogP contribution in [0.4, 0.5) is 0 Å². The lowest BCUT2D eigenvalue weighted by atomic mass is 10.2. The highest BCUT2D eigenvalue weighted by atomic mass is 33.1. The largest absolute Gasteiger partial charge is 0.506 e. The summed E-state index contributed by atoms with van der Waals surface area (Å²) in [5.74, 6) is -0.308. The van der Waals surface area contributed by atoms with Gasteiger partial charge in [-0.15, -0.1) is 0 Å². The molecule has 2 aromatic carbocycles. The fourth-order valence-corrected chi connectivity index (χ4v) is 4.88. The molecule has 0 bridgehead atoms. The topological polar surface area (TPSA) is 106 Å². The zero-order valence-electron chi connectivity index (χ0n) is 13.1. The molecule has 8 heteroatoms. The van der Waals surface area contributed by atoms with Gasteiger partial charge < -0.3 is 20.2 Å². The van der Waals surface area contributed by atoms with Gasteiger partial charge in [0.25, 0.3) is 11.1 Å². The Labute approximate surface area is 154 Å². The van der Waals surface area contributed by atoms with Gasteiger partial charge in [-0.1, -0.05) is 24.3 Å². The summed E-state index contributed by atoms with van der Waals surface area (Å²) >= 11 is 0. The van der Waals surface area contributed by atoms with E-state index in [-0.39, 0.29) is 21.3 Å². The van der Waals surface area contributed by atoms with Gasteiger partial charge in [0.1, 0.15) is 21.3 Å². The molecule has 0 aliphatic carbocycles. The van der Waals surface area contributed by atoms with Crippen LogP contribution in [0.3, 0.4) is 0 Å². The summed E-state index contributed by atoms with van der Waals surface area (Å²) in [5, 5.41) is 21.8. The fraction of sp³-hybridized carbons (Fsp3) is 0. The van der Waals surface area contributed by atoms with Crippen LogP contribution in [0.15, 0.2) is 67.9 Å². The lowest BCUT2D eigenvalue weighted by molar-refractivity contribution is 0.466. The van der Waals surface area contributed by atoms with E-state index in [4.69, 9.17) is 0 Å². The number of aromatic hydroxyl groups is 2. The van der Waals surface area contributed by atoms with Gasteiger partial charge in [-0.2, -0.15) is 0 Å². The second-order valence-corrected chi connectivity index (χ2v) is 7.67. The highest BCUT2D eigenvalue weighted by molar-refractivity contribution is 8.76. The summed E-state index contributed by atoms with van der Waals surface area (Å²) < 4.78 is 0. The molecule has 2 aromatic heterocycles. The molecule has 4 N–H and O–H groups in total. The maximum atomic E-state index is 12.3. The van der Waals surface area contributed by atoms with Crippen molar-refractivity contribution in [3.8, 4) is 11.5 Å². The molecule has 0 radical (unpaired) electrons. The first kappa shape index (κ1) is 16.6. The van der Waals surface area contributed by atoms with E-state index in [2.05, 4.69) is 9.97 Å². The second-order valence-electron chi connectivity index (χ2n) is 5.52. The van der Waals surface area contributed by atoms with Crippen molar-refractivity contribution in [2.75, 3.05) is 0 Å². The predicted octanol–water partition coefficient (Wildman–Crippen LogP) is 3.58. The van der Waals surface area contributed by atoms with Crippen LogP contribution >= 0.6 is 21.6 Å². The third-order valence-corrected chi connectivity index (χ3v) is 6.34. The molecule has 0 spiro atoms. The van der Waals surface area contributed by atoms with Crippen molar-refractivity contribution in [2.45, 2.75) is 9.79 Å². The maximum Gasteiger partial charge on any atom is 0.266 e. The van der Waals surface area contributed by atoms with Gasteiger partial charge in [0, 0.05) is 10.8 Å². The third-order valence-electron chi connectivity index (χ3n) is 3.91. The Morgan fingerprint density at radius 2 is 1.04 bits per heavy atom. The van der Waals surface area contributed by atoms with Crippen LogP contribution in [-0.2, 0) is 0 Å². The third kappa shape index (κ3) is 2.73. The molecule has 4 rings (SSSR count). The van der Waals surface area contributed by atoms with Crippen LogP contribution < -0.4 is 11.1 Å². The average molecular weight is 384 g/mol. The van der Waals surface area contributed by atoms with Crippen molar-refractivity contribution in [3.05, 3.63) is 69.2 Å². The zero-order chi connectivity index (χ0) is 18.3. The number of hydrogen-bond acceptors (Lipinski definition) is 6. The summed E-state index contributed by atoms with van der Waals surface area (Å²) in [6, 6.07) is 13.8. The minimum absolute atomic E-state index is 0.0701. The Hall–Kier alpha value is -2.84. The minimum atomic E-state index is -0.463. The number of rotatable bonds is 3. The highest BCUT2D eigenvalue weighted by Gasteiger charge is 2.17. The molecule has 0 unspecified atom stereocenters. The van der Waals surface area contributed by atoms with Crippen molar-refractivity contribution in [3.63, 3.8) is 0 Å². The summed E-state index contributed by atoms with van der Waals surface area (Å²) in [6.07, 6.45) is 0. The fourth-order valence-electron chi connectivity index (χ4n) is 2.65. The Morgan fingerprint density at radius 3 is 1.46 bits per heavy atom. The lowest BCUT2D eigenvalue weighted by Crippen LogP contribution is -2.09. The number of para-hydroxylation sites is 2. The van der Waals surface area contributed by atoms with Crippen LogP contribution in [-0.4, -0.2) is 20.2 Å². The monoisotopic (exact) mass is 384 g/mol. The minimum Gasteiger partial charge on any atom is -0.506 e. The smallest absolute Gasteiger partial charge is 0.266 e. The Bertz CT molecular complexity index is 1160. The highest BCUT2D eigenvalue weighted by Crippen LogP contribution is 2.44. The van der Waals surface area contributed by atoms with Gasteiger partial charge in [-0.05, 0) is 45.9 Å². The molecule has 0 amide bonds. The molecule has 6 nitrogen and oxygen atoms in total. The first-order valence-electron chi connectivity index (χ1n) is 7.59. The number of H-pyrrole nitrogens is 2. The molecule has 0 fully saturated rings. The first-order valence-corrected chi connectivity index (χ1v) is 9.73. The SMILES string of the molecule is O=c1[nH]c2ccccc2c(O)c1SSc1c(O)c2ccccc2[nH]c1=O. The normalized spacial score (nSPS) is 11.2. The Kier molecular flexibility index (Phi) is 4.14. The molecule has 0 saturated heterocycles. The van der Waals surface area contributed by atoms with Gasteiger partial charge in [-0.25, -0.2) is 0 Å². The van der Waals surface area contributed by atoms with Crippen LogP contribution in [0.2, 0.25) is 0 Å². The van der Waals surface area contributed by atoms with Gasteiger partial charge in [0.2, 0.25) is 0 Å². The second kappa shape index (κ2) is 6.47. The number of aromatic nitrogens is 2. The summed E-state index contributed by atoms with van der Waals surface area (Å²) in [6.45, 7) is 0. The van der Waals surface area contributed by atoms with Crippen LogP contribution in [0.25, 0.3) is 21.8 Å². The molecule has 26 heavy (non-hydrogen) atoms. The summed E-state index contributed by atoms with van der Waals surface area (Å²) in [7, 11) is 1.84. The maximum absolute atomic E-state index is 12.3. The van der Waals surface area contributed by atoms with E-state index in [1.54, 1.807) is 48.5 Å². The summed E-state index contributed by atoms with van der Waals surface area (Å²) in [5.41, 5.74) is 0.123. The van der Waals surface area contributed by atoms with Crippen molar-refractivity contribution < 1.29 is 10.2 Å². The molecule has 130 valence electrons. The molecule has 2 heterocycles. The predicted molar refractivity (Wildman–Crippen MR) is 104 cm³/mol. The van der Waals surface area contributed by atoms with E-state index < -0.39 is 11.1 Å². The Balaban J connectivity index is 1.77. The number of fused-ring (bicyclic) bond motifs is 2. The van der Waals surface area contributed by atoms with Crippen molar-refractivity contribution in [2.24, 2.45) is 0 Å². The molecule has 4 aromatic rings. The zero-order valence-corrected chi connectivity index (χ0v) is 14.8. The van der Waals surface area contributed by atoms with Crippen LogP contribution in [0.5, 0.6) is 11.5 Å². The van der Waals surface area contributed by atoms with E-state index in [9.17, 15) is 19.8 Å². The number of benzene rings is 2. The summed E-state index contributed by atoms with van der Waals surface area (Å²) in [4.78, 5) is 30.1. The molecule has 0 aliphatic heterocycles. The number of aromatic amines is 2. The van der Waals surface area contributed by atoms with E-state index in [1.165, 1.54) is 0 Å². The van der Waals surface area contributed by atoms with E-state index in [0.29, 0.717) is 21.8 Å². The van der Waals surface area contributed by atoms with Gasteiger partial charge in [0.05, 0.1) is 11.0 Å². The Morgan fingerprint density at radius 1 is 0.654 bits per heavy atom. The van der Waals surface area contributed by atoms with E-state index in [1.807, 2.05) is 0 Å². The van der Waals surface area contributed by atoms with E-state index in [0.717, 1.165) is 21.6 Å². The number of hydrogen-bond donors (Lipinski definition) is 4. The van der Waals surface area contributed by atoms with Gasteiger partial charge >= 0.3 is 0 Å². The molecular formula is C18H12N2O4S2. The standard InChI is InChI=1S/C18H12N2O4S2/c21-13-9-5-1-3-7-11(9)19-17(23)15(13)25-26-16-14(22)10-6-2-4-8-12(10)20-18(16)24/h1-8H,(H2,19,21,23)(H2,20,22,24). The molecule has 0 saturated carbocycles. The van der Waals surface area contributed by atoms with E-state index >= 15 is 0 Å². The van der Waals surface area contributed by atoms with Crippen LogP contribution in [0.1, 0.15) is 0 Å². The number of pyridine rings is 2. The molecule has 0 aliphatic rings. The molecular weight excluding hydrogens is 372 g/mol. The van der Waals surface area contributed by atoms with Crippen LogP contribution in [0, 0.1) is 0 Å². The van der Waals surface area contributed by atoms with Gasteiger partial charge in [-0.3, -0.25) is 9.59 Å². The molecule has 0 atom stereocenters.